The van der Waals surface area contributed by atoms with E-state index in [2.05, 4.69) is 0 Å². The number of para-hydroxylation sites is 1. The second-order valence-corrected chi connectivity index (χ2v) is 8.21. The highest BCUT2D eigenvalue weighted by atomic mass is 35.5. The minimum atomic E-state index is -1.06. The molecular formula is C27H22ClNO7. The van der Waals surface area contributed by atoms with Gasteiger partial charge in [-0.2, -0.15) is 0 Å². The number of anilines is 1. The van der Waals surface area contributed by atoms with Crippen LogP contribution in [0.1, 0.15) is 27.5 Å². The minimum Gasteiger partial charge on any atom is -0.507 e. The Morgan fingerprint density at radius 3 is 2.31 bits per heavy atom. The van der Waals surface area contributed by atoms with Crippen LogP contribution in [0.15, 0.2) is 72.3 Å². The minimum absolute atomic E-state index is 0.155. The summed E-state index contributed by atoms with van der Waals surface area (Å²) in [6.45, 7) is 0. The third-order valence-corrected chi connectivity index (χ3v) is 6.16. The summed E-state index contributed by atoms with van der Waals surface area (Å²) in [5.74, 6) is -2.11. The fraction of sp³-hybridized carbons (Fsp3) is 0.148. The van der Waals surface area contributed by atoms with Crippen LogP contribution < -0.4 is 14.4 Å². The molecule has 1 amide bonds. The molecule has 3 aromatic rings. The maximum Gasteiger partial charge on any atom is 0.337 e. The predicted octanol–water partition coefficient (Wildman–Crippen LogP) is 4.77. The summed E-state index contributed by atoms with van der Waals surface area (Å²) < 4.78 is 15.5. The van der Waals surface area contributed by atoms with Crippen LogP contribution in [0.2, 0.25) is 5.02 Å². The molecule has 1 heterocycles. The number of esters is 1. The van der Waals surface area contributed by atoms with E-state index in [9.17, 15) is 19.5 Å². The van der Waals surface area contributed by atoms with Crippen LogP contribution in [0, 0.1) is 0 Å². The van der Waals surface area contributed by atoms with Crippen molar-refractivity contribution >= 4 is 40.7 Å². The van der Waals surface area contributed by atoms with Crippen LogP contribution in [-0.4, -0.2) is 44.1 Å². The largest absolute Gasteiger partial charge is 0.507 e. The van der Waals surface area contributed by atoms with Gasteiger partial charge in [-0.1, -0.05) is 35.9 Å². The molecule has 184 valence electrons. The van der Waals surface area contributed by atoms with Gasteiger partial charge in [0.05, 0.1) is 43.5 Å². The Balaban J connectivity index is 1.98. The number of amides is 1. The van der Waals surface area contributed by atoms with Gasteiger partial charge in [0.2, 0.25) is 0 Å². The van der Waals surface area contributed by atoms with Crippen molar-refractivity contribution in [1.29, 1.82) is 0 Å². The monoisotopic (exact) mass is 507 g/mol. The SMILES string of the molecule is COC(=O)c1cccc(N2C(=O)C(=O)/C(=C(/O)c3ccc(Cl)c(OC)c3)C2c2ccccc2OC)c1. The zero-order valence-electron chi connectivity index (χ0n) is 19.7. The van der Waals surface area contributed by atoms with E-state index in [1.54, 1.807) is 36.4 Å². The van der Waals surface area contributed by atoms with E-state index in [0.717, 1.165) is 0 Å². The molecule has 0 bridgehead atoms. The molecule has 1 fully saturated rings. The Morgan fingerprint density at radius 2 is 1.61 bits per heavy atom. The molecule has 3 aromatic carbocycles. The van der Waals surface area contributed by atoms with E-state index < -0.39 is 29.5 Å². The normalized spacial score (nSPS) is 16.7. The van der Waals surface area contributed by atoms with Gasteiger partial charge in [0.25, 0.3) is 11.7 Å². The lowest BCUT2D eigenvalue weighted by atomic mass is 9.94. The number of nitrogens with zero attached hydrogens (tertiary/aromatic N) is 1. The van der Waals surface area contributed by atoms with Gasteiger partial charge in [-0.05, 0) is 42.5 Å². The Labute approximate surface area is 212 Å². The molecular weight excluding hydrogens is 486 g/mol. The molecule has 1 N–H and O–H groups in total. The first kappa shape index (κ1) is 24.8. The molecule has 36 heavy (non-hydrogen) atoms. The summed E-state index contributed by atoms with van der Waals surface area (Å²) >= 11 is 6.13. The molecule has 0 aliphatic carbocycles. The summed E-state index contributed by atoms with van der Waals surface area (Å²) in [6, 6.07) is 16.5. The highest BCUT2D eigenvalue weighted by molar-refractivity contribution is 6.51. The van der Waals surface area contributed by atoms with Gasteiger partial charge in [0.15, 0.2) is 0 Å². The Morgan fingerprint density at radius 1 is 0.889 bits per heavy atom. The van der Waals surface area contributed by atoms with E-state index in [1.807, 2.05) is 0 Å². The highest BCUT2D eigenvalue weighted by Gasteiger charge is 2.48. The zero-order chi connectivity index (χ0) is 26.0. The number of Topliss-reactive ketones (excluding diaryl/α,β-unsaturated/α-hetero) is 1. The molecule has 1 aliphatic heterocycles. The van der Waals surface area contributed by atoms with Crippen molar-refractivity contribution in [3.63, 3.8) is 0 Å². The van der Waals surface area contributed by atoms with Crippen molar-refractivity contribution in [2.45, 2.75) is 6.04 Å². The third kappa shape index (κ3) is 4.27. The maximum absolute atomic E-state index is 13.4. The number of carbonyl (C=O) groups excluding carboxylic acids is 3. The average molecular weight is 508 g/mol. The van der Waals surface area contributed by atoms with Crippen molar-refractivity contribution in [1.82, 2.24) is 0 Å². The van der Waals surface area contributed by atoms with Gasteiger partial charge in [0.1, 0.15) is 17.3 Å². The fourth-order valence-electron chi connectivity index (χ4n) is 4.15. The van der Waals surface area contributed by atoms with Crippen LogP contribution in [0.4, 0.5) is 5.69 Å². The number of ether oxygens (including phenoxy) is 3. The number of carbonyl (C=O) groups is 3. The van der Waals surface area contributed by atoms with Crippen molar-refractivity contribution < 1.29 is 33.7 Å². The topological polar surface area (TPSA) is 102 Å². The number of halogens is 1. The number of hydrogen-bond acceptors (Lipinski definition) is 7. The zero-order valence-corrected chi connectivity index (χ0v) is 20.4. The summed E-state index contributed by atoms with van der Waals surface area (Å²) in [5, 5.41) is 11.6. The van der Waals surface area contributed by atoms with Crippen LogP contribution in [-0.2, 0) is 14.3 Å². The molecule has 0 saturated carbocycles. The second-order valence-electron chi connectivity index (χ2n) is 7.80. The van der Waals surface area contributed by atoms with E-state index in [4.69, 9.17) is 25.8 Å². The molecule has 1 saturated heterocycles. The van der Waals surface area contributed by atoms with E-state index in [-0.39, 0.29) is 28.1 Å². The number of benzene rings is 3. The third-order valence-electron chi connectivity index (χ3n) is 5.85. The molecule has 0 spiro atoms. The van der Waals surface area contributed by atoms with Crippen molar-refractivity contribution in [2.24, 2.45) is 0 Å². The lowest BCUT2D eigenvalue weighted by Gasteiger charge is -2.27. The first-order valence-corrected chi connectivity index (χ1v) is 11.2. The quantitative estimate of drug-likeness (QED) is 0.222. The highest BCUT2D eigenvalue weighted by Crippen LogP contribution is 2.45. The number of methoxy groups -OCH3 is 3. The molecule has 9 heteroatoms. The number of rotatable bonds is 6. The van der Waals surface area contributed by atoms with Gasteiger partial charge in [-0.15, -0.1) is 0 Å². The van der Waals surface area contributed by atoms with Gasteiger partial charge >= 0.3 is 5.97 Å². The number of ketones is 1. The van der Waals surface area contributed by atoms with Gasteiger partial charge in [-0.3, -0.25) is 14.5 Å². The molecule has 1 atom stereocenters. The molecule has 1 aliphatic rings. The standard InChI is InChI=1S/C27H22ClNO7/c1-34-20-10-5-4-9-18(20)23-22(24(30)15-11-12-19(28)21(14-15)35-2)25(31)26(32)29(23)17-8-6-7-16(13-17)27(33)36-3/h4-14,23,30H,1-3H3/b24-22+. The lowest BCUT2D eigenvalue weighted by Crippen LogP contribution is -2.29. The van der Waals surface area contributed by atoms with Crippen LogP contribution in [0.5, 0.6) is 11.5 Å². The van der Waals surface area contributed by atoms with E-state index >= 15 is 0 Å². The lowest BCUT2D eigenvalue weighted by molar-refractivity contribution is -0.132. The van der Waals surface area contributed by atoms with Crippen molar-refractivity contribution in [3.05, 3.63) is 94.0 Å². The summed E-state index contributed by atoms with van der Waals surface area (Å²) in [6.07, 6.45) is 0. The first-order valence-electron chi connectivity index (χ1n) is 10.8. The van der Waals surface area contributed by atoms with E-state index in [0.29, 0.717) is 16.3 Å². The van der Waals surface area contributed by atoms with Crippen molar-refractivity contribution in [2.75, 3.05) is 26.2 Å². The summed E-state index contributed by atoms with van der Waals surface area (Å²) in [7, 11) is 4.14. The van der Waals surface area contributed by atoms with Gasteiger partial charge < -0.3 is 19.3 Å². The molecule has 0 radical (unpaired) electrons. The van der Waals surface area contributed by atoms with Crippen LogP contribution in [0.25, 0.3) is 5.76 Å². The van der Waals surface area contributed by atoms with Gasteiger partial charge in [0, 0.05) is 16.8 Å². The second kappa shape index (κ2) is 10.1. The molecule has 1 unspecified atom stereocenters. The van der Waals surface area contributed by atoms with Crippen LogP contribution in [0.3, 0.4) is 0 Å². The fourth-order valence-corrected chi connectivity index (χ4v) is 4.34. The van der Waals surface area contributed by atoms with Crippen LogP contribution >= 0.6 is 11.6 Å². The molecule has 0 aromatic heterocycles. The first-order chi connectivity index (χ1) is 17.3. The predicted molar refractivity (Wildman–Crippen MR) is 134 cm³/mol. The Bertz CT molecular complexity index is 1400. The Hall–Kier alpha value is -4.30. The average Bonchev–Trinajstić information content (AvgIpc) is 3.17. The van der Waals surface area contributed by atoms with Crippen molar-refractivity contribution in [3.8, 4) is 11.5 Å². The van der Waals surface area contributed by atoms with Gasteiger partial charge in [-0.25, -0.2) is 4.79 Å². The smallest absolute Gasteiger partial charge is 0.337 e. The number of hydrogen-bond donors (Lipinski definition) is 1. The number of aliphatic hydroxyl groups is 1. The van der Waals surface area contributed by atoms with E-state index in [1.165, 1.54) is 56.6 Å². The summed E-state index contributed by atoms with van der Waals surface area (Å²) in [5.41, 5.74) is 1.00. The Kier molecular flexibility index (Phi) is 6.98. The summed E-state index contributed by atoms with van der Waals surface area (Å²) in [4.78, 5) is 40.1. The maximum atomic E-state index is 13.4. The number of aliphatic hydroxyl groups excluding tert-OH is 1. The molecule has 4 rings (SSSR count). The molecule has 8 nitrogen and oxygen atoms in total.